The fraction of sp³-hybridized carbons (Fsp3) is 0.400. The maximum absolute atomic E-state index is 11.2. The van der Waals surface area contributed by atoms with Gasteiger partial charge in [-0.05, 0) is 12.1 Å². The van der Waals surface area contributed by atoms with Gasteiger partial charge in [-0.3, -0.25) is 4.79 Å². The zero-order valence-electron chi connectivity index (χ0n) is 8.61. The van der Waals surface area contributed by atoms with Crippen molar-refractivity contribution in [2.75, 3.05) is 0 Å². The number of thiophene rings is 1. The van der Waals surface area contributed by atoms with Crippen molar-refractivity contribution in [1.29, 1.82) is 0 Å². The van der Waals surface area contributed by atoms with Gasteiger partial charge in [-0.25, -0.2) is 4.79 Å². The highest BCUT2D eigenvalue weighted by Gasteiger charge is 2.09. The second-order valence-electron chi connectivity index (χ2n) is 3.44. The normalized spacial score (nSPS) is 10.3. The van der Waals surface area contributed by atoms with Crippen LogP contribution in [0.1, 0.15) is 28.4 Å². The second-order valence-corrected chi connectivity index (χ2v) is 4.61. The summed E-state index contributed by atoms with van der Waals surface area (Å²) in [5, 5.41) is 11.4. The lowest BCUT2D eigenvalue weighted by Crippen LogP contribution is -2.26. The van der Waals surface area contributed by atoms with E-state index in [2.05, 4.69) is 5.32 Å². The van der Waals surface area contributed by atoms with Crippen LogP contribution in [-0.2, 0) is 11.3 Å². The van der Waals surface area contributed by atoms with Gasteiger partial charge in [0.05, 0.1) is 6.54 Å². The molecule has 82 valence electrons. The quantitative estimate of drug-likeness (QED) is 0.823. The molecule has 1 aromatic heterocycles. The number of amides is 1. The van der Waals surface area contributed by atoms with Crippen molar-refractivity contribution in [3.63, 3.8) is 0 Å². The third-order valence-electron chi connectivity index (χ3n) is 1.83. The molecule has 1 heterocycles. The Bertz CT molecular complexity index is 370. The minimum atomic E-state index is -0.929. The Morgan fingerprint density at radius 2 is 2.13 bits per heavy atom. The highest BCUT2D eigenvalue weighted by molar-refractivity contribution is 7.13. The predicted octanol–water partition coefficient (Wildman–Crippen LogP) is 1.72. The third kappa shape index (κ3) is 3.36. The number of aromatic carboxylic acids is 1. The highest BCUT2D eigenvalue weighted by Crippen LogP contribution is 2.16. The summed E-state index contributed by atoms with van der Waals surface area (Å²) in [6.07, 6.45) is 0. The van der Waals surface area contributed by atoms with Crippen LogP contribution >= 0.6 is 11.3 Å². The topological polar surface area (TPSA) is 66.4 Å². The van der Waals surface area contributed by atoms with Gasteiger partial charge in [0.15, 0.2) is 0 Å². The van der Waals surface area contributed by atoms with Crippen LogP contribution in [0.3, 0.4) is 0 Å². The summed E-state index contributed by atoms with van der Waals surface area (Å²) in [7, 11) is 0. The minimum Gasteiger partial charge on any atom is -0.477 e. The van der Waals surface area contributed by atoms with E-state index in [-0.39, 0.29) is 11.8 Å². The summed E-state index contributed by atoms with van der Waals surface area (Å²) in [5.41, 5.74) is 0. The van der Waals surface area contributed by atoms with E-state index in [0.29, 0.717) is 11.4 Å². The molecule has 4 nitrogen and oxygen atoms in total. The molecule has 0 fully saturated rings. The fourth-order valence-electron chi connectivity index (χ4n) is 0.966. The summed E-state index contributed by atoms with van der Waals surface area (Å²) in [5.74, 6) is -1.01. The SMILES string of the molecule is CC(C)C(=O)NCc1ccc(C(=O)O)s1. The smallest absolute Gasteiger partial charge is 0.345 e. The van der Waals surface area contributed by atoms with Crippen molar-refractivity contribution in [3.8, 4) is 0 Å². The lowest BCUT2D eigenvalue weighted by Gasteiger charge is -2.05. The molecule has 0 aromatic carbocycles. The number of carbonyl (C=O) groups excluding carboxylic acids is 1. The molecule has 0 atom stereocenters. The van der Waals surface area contributed by atoms with Crippen molar-refractivity contribution in [2.24, 2.45) is 5.92 Å². The van der Waals surface area contributed by atoms with Gasteiger partial charge in [0.2, 0.25) is 5.91 Å². The summed E-state index contributed by atoms with van der Waals surface area (Å²) in [4.78, 5) is 23.0. The molecule has 1 rings (SSSR count). The maximum Gasteiger partial charge on any atom is 0.345 e. The molecule has 1 amide bonds. The molecule has 2 N–H and O–H groups in total. The number of carboxylic acids is 1. The monoisotopic (exact) mass is 227 g/mol. The van der Waals surface area contributed by atoms with E-state index >= 15 is 0 Å². The molecule has 15 heavy (non-hydrogen) atoms. The van der Waals surface area contributed by atoms with E-state index in [1.807, 2.05) is 13.8 Å². The Balaban J connectivity index is 2.51. The summed E-state index contributed by atoms with van der Waals surface area (Å²) < 4.78 is 0. The lowest BCUT2D eigenvalue weighted by atomic mass is 10.2. The van der Waals surface area contributed by atoms with Crippen molar-refractivity contribution in [2.45, 2.75) is 20.4 Å². The molecule has 0 spiro atoms. The van der Waals surface area contributed by atoms with E-state index in [4.69, 9.17) is 5.11 Å². The van der Waals surface area contributed by atoms with Crippen molar-refractivity contribution in [1.82, 2.24) is 5.32 Å². The van der Waals surface area contributed by atoms with E-state index in [9.17, 15) is 9.59 Å². The summed E-state index contributed by atoms with van der Waals surface area (Å²) in [6, 6.07) is 3.26. The Morgan fingerprint density at radius 1 is 1.47 bits per heavy atom. The number of hydrogen-bond acceptors (Lipinski definition) is 3. The van der Waals surface area contributed by atoms with Gasteiger partial charge < -0.3 is 10.4 Å². The first-order valence-corrected chi connectivity index (χ1v) is 5.42. The molecule has 5 heteroatoms. The van der Waals surface area contributed by atoms with E-state index in [1.54, 1.807) is 12.1 Å². The number of carboxylic acid groups (broad SMARTS) is 1. The Morgan fingerprint density at radius 3 is 2.60 bits per heavy atom. The molecule has 0 bridgehead atoms. The van der Waals surface area contributed by atoms with Gasteiger partial charge in [-0.2, -0.15) is 0 Å². The van der Waals surface area contributed by atoms with Crippen molar-refractivity contribution < 1.29 is 14.7 Å². The standard InChI is InChI=1S/C10H13NO3S/c1-6(2)9(12)11-5-7-3-4-8(15-7)10(13)14/h3-4,6H,5H2,1-2H3,(H,11,12)(H,13,14). The Labute approximate surface area is 91.9 Å². The van der Waals surface area contributed by atoms with Crippen LogP contribution in [0.2, 0.25) is 0 Å². The van der Waals surface area contributed by atoms with Gasteiger partial charge in [-0.15, -0.1) is 11.3 Å². The molecular formula is C10H13NO3S. The number of hydrogen-bond donors (Lipinski definition) is 2. The average molecular weight is 227 g/mol. The molecule has 0 aliphatic heterocycles. The molecule has 1 aromatic rings. The summed E-state index contributed by atoms with van der Waals surface area (Å²) >= 11 is 1.18. The molecule has 0 aliphatic rings. The van der Waals surface area contributed by atoms with Gasteiger partial charge in [0.25, 0.3) is 0 Å². The van der Waals surface area contributed by atoms with E-state index in [1.165, 1.54) is 11.3 Å². The third-order valence-corrected chi connectivity index (χ3v) is 2.91. The molecular weight excluding hydrogens is 214 g/mol. The fourth-order valence-corrected chi connectivity index (χ4v) is 1.75. The zero-order chi connectivity index (χ0) is 11.4. The number of nitrogens with one attached hydrogen (secondary N) is 1. The molecule has 0 unspecified atom stereocenters. The molecule has 0 radical (unpaired) electrons. The average Bonchev–Trinajstić information content (AvgIpc) is 2.62. The number of carbonyl (C=O) groups is 2. The molecule has 0 saturated carbocycles. The van der Waals surface area contributed by atoms with Crippen LogP contribution in [0.5, 0.6) is 0 Å². The molecule has 0 aliphatic carbocycles. The van der Waals surface area contributed by atoms with Crippen LogP contribution in [0, 0.1) is 5.92 Å². The van der Waals surface area contributed by atoms with Crippen LogP contribution in [0.4, 0.5) is 0 Å². The van der Waals surface area contributed by atoms with Crippen LogP contribution in [-0.4, -0.2) is 17.0 Å². The van der Waals surface area contributed by atoms with Gasteiger partial charge in [0, 0.05) is 10.8 Å². The van der Waals surface area contributed by atoms with E-state index in [0.717, 1.165) is 4.88 Å². The van der Waals surface area contributed by atoms with Crippen molar-refractivity contribution in [3.05, 3.63) is 21.9 Å². The lowest BCUT2D eigenvalue weighted by molar-refractivity contribution is -0.124. The highest BCUT2D eigenvalue weighted by atomic mass is 32.1. The van der Waals surface area contributed by atoms with Crippen LogP contribution in [0.25, 0.3) is 0 Å². The first-order chi connectivity index (χ1) is 7.00. The van der Waals surface area contributed by atoms with Gasteiger partial charge >= 0.3 is 5.97 Å². The maximum atomic E-state index is 11.2. The minimum absolute atomic E-state index is 0.0275. The van der Waals surface area contributed by atoms with Crippen LogP contribution in [0.15, 0.2) is 12.1 Å². The first kappa shape index (κ1) is 11.7. The largest absolute Gasteiger partial charge is 0.477 e. The second kappa shape index (κ2) is 4.93. The Kier molecular flexibility index (Phi) is 3.85. The van der Waals surface area contributed by atoms with E-state index < -0.39 is 5.97 Å². The predicted molar refractivity (Wildman–Crippen MR) is 58.0 cm³/mol. The summed E-state index contributed by atoms with van der Waals surface area (Å²) in [6.45, 7) is 4.02. The van der Waals surface area contributed by atoms with Gasteiger partial charge in [-0.1, -0.05) is 13.8 Å². The van der Waals surface area contributed by atoms with Crippen molar-refractivity contribution >= 4 is 23.2 Å². The zero-order valence-corrected chi connectivity index (χ0v) is 9.43. The van der Waals surface area contributed by atoms with Gasteiger partial charge in [0.1, 0.15) is 4.88 Å². The Hall–Kier alpha value is -1.36. The number of rotatable bonds is 4. The molecule has 0 saturated heterocycles. The van der Waals surface area contributed by atoms with Crippen LogP contribution < -0.4 is 5.32 Å². The first-order valence-electron chi connectivity index (χ1n) is 4.60.